The molecule has 1 fully saturated rings. The number of nitrogens with zero attached hydrogens (tertiary/aromatic N) is 5. The summed E-state index contributed by atoms with van der Waals surface area (Å²) in [4.78, 5) is 21.8. The number of nitrogens with one attached hydrogen (secondary N) is 1. The van der Waals surface area contributed by atoms with E-state index < -0.39 is 0 Å². The Hall–Kier alpha value is -3.35. The molecule has 1 aliphatic rings. The van der Waals surface area contributed by atoms with E-state index in [2.05, 4.69) is 35.8 Å². The molecule has 0 spiro atoms. The highest BCUT2D eigenvalue weighted by atomic mass is 16.5. The smallest absolute Gasteiger partial charge is 0.156 e. The second-order valence-corrected chi connectivity index (χ2v) is 6.85. The van der Waals surface area contributed by atoms with Crippen molar-refractivity contribution >= 4 is 33.6 Å². The van der Waals surface area contributed by atoms with Gasteiger partial charge in [-0.05, 0) is 37.3 Å². The first-order chi connectivity index (χ1) is 13.8. The lowest BCUT2D eigenvalue weighted by Gasteiger charge is -2.36. The Bertz CT molecular complexity index is 1100. The average Bonchev–Trinajstić information content (AvgIpc) is 3.13. The number of pyridine rings is 1. The number of H-pyrrole nitrogens is 1. The summed E-state index contributed by atoms with van der Waals surface area (Å²) in [5.74, 6) is 2.85. The summed E-state index contributed by atoms with van der Waals surface area (Å²) in [5.41, 5.74) is 2.97. The molecule has 28 heavy (non-hydrogen) atoms. The topological polar surface area (TPSA) is 70.2 Å². The molecular weight excluding hydrogens is 352 g/mol. The fourth-order valence-electron chi connectivity index (χ4n) is 3.84. The van der Waals surface area contributed by atoms with Crippen LogP contribution < -0.4 is 14.5 Å². The van der Waals surface area contributed by atoms with Crippen LogP contribution in [0, 0.1) is 0 Å². The molecule has 7 nitrogen and oxygen atoms in total. The van der Waals surface area contributed by atoms with Crippen molar-refractivity contribution in [1.82, 2.24) is 19.9 Å². The van der Waals surface area contributed by atoms with E-state index in [1.807, 2.05) is 43.5 Å². The maximum Gasteiger partial charge on any atom is 0.156 e. The number of aromatic nitrogens is 4. The molecule has 7 heteroatoms. The first-order valence-corrected chi connectivity index (χ1v) is 9.63. The molecule has 1 aromatic carbocycles. The third-order valence-electron chi connectivity index (χ3n) is 5.20. The van der Waals surface area contributed by atoms with Crippen LogP contribution in [0.25, 0.3) is 21.9 Å². The molecule has 0 saturated carbocycles. The van der Waals surface area contributed by atoms with Crippen LogP contribution in [-0.2, 0) is 0 Å². The molecule has 0 amide bonds. The predicted molar refractivity (Wildman–Crippen MR) is 111 cm³/mol. The Balaban J connectivity index is 1.46. The van der Waals surface area contributed by atoms with E-state index in [0.717, 1.165) is 65.5 Å². The third kappa shape index (κ3) is 2.89. The van der Waals surface area contributed by atoms with Crippen LogP contribution in [0.3, 0.4) is 0 Å². The molecule has 0 aliphatic carbocycles. The van der Waals surface area contributed by atoms with Crippen molar-refractivity contribution in [2.24, 2.45) is 0 Å². The average molecular weight is 374 g/mol. The van der Waals surface area contributed by atoms with Gasteiger partial charge in [-0.25, -0.2) is 15.0 Å². The highest BCUT2D eigenvalue weighted by Gasteiger charge is 2.22. The fourth-order valence-corrected chi connectivity index (χ4v) is 3.84. The van der Waals surface area contributed by atoms with Crippen LogP contribution in [-0.4, -0.2) is 52.7 Å². The zero-order valence-corrected chi connectivity index (χ0v) is 15.8. The molecule has 0 unspecified atom stereocenters. The Morgan fingerprint density at radius 3 is 2.64 bits per heavy atom. The van der Waals surface area contributed by atoms with Gasteiger partial charge >= 0.3 is 0 Å². The number of fused-ring (bicyclic) bond motifs is 3. The van der Waals surface area contributed by atoms with Crippen molar-refractivity contribution < 1.29 is 4.74 Å². The normalized spacial score (nSPS) is 14.8. The number of piperazine rings is 1. The lowest BCUT2D eigenvalue weighted by molar-refractivity contribution is 0.341. The van der Waals surface area contributed by atoms with Crippen molar-refractivity contribution in [2.75, 3.05) is 42.6 Å². The van der Waals surface area contributed by atoms with E-state index in [-0.39, 0.29) is 0 Å². The van der Waals surface area contributed by atoms with E-state index in [4.69, 9.17) is 4.74 Å². The summed E-state index contributed by atoms with van der Waals surface area (Å²) in [5, 5.41) is 1.07. The molecule has 1 saturated heterocycles. The summed E-state index contributed by atoms with van der Waals surface area (Å²) in [6.07, 6.45) is 3.50. The molecule has 4 heterocycles. The number of rotatable bonds is 4. The zero-order chi connectivity index (χ0) is 18.9. The van der Waals surface area contributed by atoms with Crippen LogP contribution in [0.1, 0.15) is 6.92 Å². The minimum Gasteiger partial charge on any atom is -0.494 e. The molecule has 0 atom stereocenters. The van der Waals surface area contributed by atoms with Gasteiger partial charge in [0.25, 0.3) is 0 Å². The lowest BCUT2D eigenvalue weighted by Crippen LogP contribution is -2.47. The van der Waals surface area contributed by atoms with E-state index >= 15 is 0 Å². The second kappa shape index (κ2) is 6.99. The summed E-state index contributed by atoms with van der Waals surface area (Å²) in [7, 11) is 0. The quantitative estimate of drug-likeness (QED) is 0.591. The van der Waals surface area contributed by atoms with Crippen LogP contribution in [0.5, 0.6) is 5.75 Å². The second-order valence-electron chi connectivity index (χ2n) is 6.85. The van der Waals surface area contributed by atoms with E-state index in [0.29, 0.717) is 6.61 Å². The summed E-state index contributed by atoms with van der Waals surface area (Å²) in [6.45, 7) is 6.25. The van der Waals surface area contributed by atoms with Gasteiger partial charge in [0.2, 0.25) is 0 Å². The van der Waals surface area contributed by atoms with Gasteiger partial charge in [0.1, 0.15) is 28.9 Å². The van der Waals surface area contributed by atoms with Crippen molar-refractivity contribution in [3.8, 4) is 5.75 Å². The van der Waals surface area contributed by atoms with Crippen LogP contribution in [0.2, 0.25) is 0 Å². The number of aromatic amines is 1. The summed E-state index contributed by atoms with van der Waals surface area (Å²) >= 11 is 0. The predicted octanol–water partition coefficient (Wildman–Crippen LogP) is 3.23. The Morgan fingerprint density at radius 2 is 1.86 bits per heavy atom. The fraction of sp³-hybridized carbons (Fsp3) is 0.286. The Kier molecular flexibility index (Phi) is 4.20. The van der Waals surface area contributed by atoms with Gasteiger partial charge in [-0.1, -0.05) is 6.07 Å². The summed E-state index contributed by atoms with van der Waals surface area (Å²) in [6, 6.07) is 12.1. The number of hydrogen-bond donors (Lipinski definition) is 1. The van der Waals surface area contributed by atoms with Crippen molar-refractivity contribution in [1.29, 1.82) is 0 Å². The largest absolute Gasteiger partial charge is 0.494 e. The molecular formula is C21H22N6O. The minimum atomic E-state index is 0.647. The molecule has 142 valence electrons. The first-order valence-electron chi connectivity index (χ1n) is 9.63. The van der Waals surface area contributed by atoms with Crippen molar-refractivity contribution in [2.45, 2.75) is 6.92 Å². The molecule has 5 rings (SSSR count). The number of ether oxygens (including phenoxy) is 1. The summed E-state index contributed by atoms with van der Waals surface area (Å²) < 4.78 is 5.65. The van der Waals surface area contributed by atoms with Gasteiger partial charge < -0.3 is 19.5 Å². The van der Waals surface area contributed by atoms with Gasteiger partial charge in [-0.3, -0.25) is 0 Å². The van der Waals surface area contributed by atoms with E-state index in [1.54, 1.807) is 6.33 Å². The van der Waals surface area contributed by atoms with Crippen molar-refractivity contribution in [3.05, 3.63) is 48.9 Å². The van der Waals surface area contributed by atoms with Crippen molar-refractivity contribution in [3.63, 3.8) is 0 Å². The van der Waals surface area contributed by atoms with Gasteiger partial charge in [-0.15, -0.1) is 0 Å². The molecule has 0 radical (unpaired) electrons. The van der Waals surface area contributed by atoms with Crippen LogP contribution in [0.4, 0.5) is 11.6 Å². The molecule has 4 aromatic rings. The number of anilines is 2. The highest BCUT2D eigenvalue weighted by Crippen LogP contribution is 2.32. The molecule has 0 bridgehead atoms. The maximum absolute atomic E-state index is 5.65. The van der Waals surface area contributed by atoms with E-state index in [1.165, 1.54) is 0 Å². The SMILES string of the molecule is CCOc1ccc2[nH]c3c(N4CCN(c5ccccn5)CC4)ncnc3c2c1. The Labute approximate surface area is 163 Å². The van der Waals surface area contributed by atoms with Crippen LogP contribution in [0.15, 0.2) is 48.9 Å². The standard InChI is InChI=1S/C21H22N6O/c1-2-28-15-6-7-17-16(13-15)19-20(25-17)21(24-14-23-19)27-11-9-26(10-12-27)18-5-3-4-8-22-18/h3-8,13-14,25H,2,9-12H2,1H3. The molecule has 1 N–H and O–H groups in total. The van der Waals surface area contributed by atoms with Crippen LogP contribution >= 0.6 is 0 Å². The first kappa shape index (κ1) is 16.8. The number of benzene rings is 1. The lowest BCUT2D eigenvalue weighted by atomic mass is 10.2. The van der Waals surface area contributed by atoms with Gasteiger partial charge in [0.15, 0.2) is 5.82 Å². The molecule has 1 aliphatic heterocycles. The monoisotopic (exact) mass is 374 g/mol. The number of hydrogen-bond acceptors (Lipinski definition) is 6. The third-order valence-corrected chi connectivity index (χ3v) is 5.20. The van der Waals surface area contributed by atoms with Gasteiger partial charge in [-0.2, -0.15) is 0 Å². The van der Waals surface area contributed by atoms with Gasteiger partial charge in [0.05, 0.1) is 6.61 Å². The van der Waals surface area contributed by atoms with Gasteiger partial charge in [0, 0.05) is 43.3 Å². The zero-order valence-electron chi connectivity index (χ0n) is 15.8. The minimum absolute atomic E-state index is 0.647. The van der Waals surface area contributed by atoms with E-state index in [9.17, 15) is 0 Å². The Morgan fingerprint density at radius 1 is 1.00 bits per heavy atom. The highest BCUT2D eigenvalue weighted by molar-refractivity contribution is 6.08. The maximum atomic E-state index is 5.65. The molecule has 3 aromatic heterocycles.